The van der Waals surface area contributed by atoms with E-state index in [0.717, 1.165) is 31.6 Å². The summed E-state index contributed by atoms with van der Waals surface area (Å²) in [6.45, 7) is 4.14. The molecule has 162 valence electrons. The predicted molar refractivity (Wildman–Crippen MR) is 127 cm³/mol. The van der Waals surface area contributed by atoms with Crippen LogP contribution in [0.4, 0.5) is 5.69 Å². The summed E-state index contributed by atoms with van der Waals surface area (Å²) in [5.41, 5.74) is 2.79. The van der Waals surface area contributed by atoms with E-state index >= 15 is 0 Å². The molecule has 1 amide bonds. The van der Waals surface area contributed by atoms with E-state index in [9.17, 15) is 9.59 Å². The van der Waals surface area contributed by atoms with Crippen molar-refractivity contribution in [2.45, 2.75) is 26.8 Å². The average Bonchev–Trinajstić information content (AvgIpc) is 3.29. The molecule has 32 heavy (non-hydrogen) atoms. The van der Waals surface area contributed by atoms with Gasteiger partial charge in [-0.1, -0.05) is 18.2 Å². The number of benzene rings is 2. The SMILES string of the molecule is COc1cc2c(cc1NC(=O)CCn1cnc3sc(C)c(C)c3c1=O)oc1ccccc12. The highest BCUT2D eigenvalue weighted by Crippen LogP contribution is 2.36. The van der Waals surface area contributed by atoms with Gasteiger partial charge in [-0.25, -0.2) is 4.98 Å². The number of aryl methyl sites for hydroxylation is 3. The molecule has 0 aliphatic rings. The normalized spacial score (nSPS) is 11.5. The van der Waals surface area contributed by atoms with Gasteiger partial charge in [-0.3, -0.25) is 14.2 Å². The number of aromatic nitrogens is 2. The molecule has 0 saturated carbocycles. The van der Waals surface area contributed by atoms with Gasteiger partial charge in [0.15, 0.2) is 0 Å². The topological polar surface area (TPSA) is 86.4 Å². The van der Waals surface area contributed by atoms with E-state index in [1.165, 1.54) is 22.2 Å². The van der Waals surface area contributed by atoms with Crippen molar-refractivity contribution in [3.8, 4) is 5.75 Å². The van der Waals surface area contributed by atoms with Crippen molar-refractivity contribution in [2.75, 3.05) is 12.4 Å². The molecule has 0 atom stereocenters. The molecule has 2 aromatic carbocycles. The number of anilines is 1. The second-order valence-corrected chi connectivity index (χ2v) is 8.85. The summed E-state index contributed by atoms with van der Waals surface area (Å²) < 4.78 is 12.9. The fourth-order valence-electron chi connectivity index (χ4n) is 3.88. The van der Waals surface area contributed by atoms with Crippen LogP contribution in [0, 0.1) is 13.8 Å². The number of nitrogens with zero attached hydrogens (tertiary/aromatic N) is 2. The molecule has 0 spiro atoms. The number of thiophene rings is 1. The number of carbonyl (C=O) groups is 1. The van der Waals surface area contributed by atoms with Crippen molar-refractivity contribution in [2.24, 2.45) is 0 Å². The Bertz CT molecular complexity index is 1560. The molecule has 0 unspecified atom stereocenters. The molecule has 5 aromatic rings. The lowest BCUT2D eigenvalue weighted by Gasteiger charge is -2.11. The van der Waals surface area contributed by atoms with Crippen molar-refractivity contribution in [1.82, 2.24) is 9.55 Å². The number of carbonyl (C=O) groups excluding carboxylic acids is 1. The first-order valence-electron chi connectivity index (χ1n) is 10.2. The molecular weight excluding hydrogens is 426 g/mol. The number of fused-ring (bicyclic) bond motifs is 4. The zero-order chi connectivity index (χ0) is 22.4. The summed E-state index contributed by atoms with van der Waals surface area (Å²) in [5.74, 6) is 0.311. The quantitative estimate of drug-likeness (QED) is 0.409. The number of nitrogens with one attached hydrogen (secondary N) is 1. The Morgan fingerprint density at radius 1 is 1.19 bits per heavy atom. The van der Waals surface area contributed by atoms with Crippen LogP contribution in [0.5, 0.6) is 5.75 Å². The third-order valence-electron chi connectivity index (χ3n) is 5.71. The first-order chi connectivity index (χ1) is 15.5. The van der Waals surface area contributed by atoms with E-state index in [1.54, 1.807) is 13.2 Å². The minimum Gasteiger partial charge on any atom is -0.495 e. The van der Waals surface area contributed by atoms with Crippen LogP contribution in [0.15, 0.2) is 51.9 Å². The summed E-state index contributed by atoms with van der Waals surface area (Å²) in [5, 5.41) is 5.42. The van der Waals surface area contributed by atoms with Gasteiger partial charge in [0.25, 0.3) is 5.56 Å². The molecule has 0 aliphatic carbocycles. The Labute approximate surface area is 187 Å². The molecule has 0 fully saturated rings. The second kappa shape index (κ2) is 7.80. The maximum absolute atomic E-state index is 12.8. The van der Waals surface area contributed by atoms with Crippen LogP contribution in [0.3, 0.4) is 0 Å². The van der Waals surface area contributed by atoms with Gasteiger partial charge in [0.05, 0.1) is 24.5 Å². The third-order valence-corrected chi connectivity index (χ3v) is 6.82. The Morgan fingerprint density at radius 2 is 2.00 bits per heavy atom. The summed E-state index contributed by atoms with van der Waals surface area (Å²) in [6.07, 6.45) is 1.63. The molecule has 0 bridgehead atoms. The molecule has 5 rings (SSSR count). The van der Waals surface area contributed by atoms with Crippen LogP contribution in [-0.2, 0) is 11.3 Å². The van der Waals surface area contributed by atoms with Gasteiger partial charge in [-0.2, -0.15) is 0 Å². The highest BCUT2D eigenvalue weighted by molar-refractivity contribution is 7.18. The third kappa shape index (κ3) is 3.33. The van der Waals surface area contributed by atoms with E-state index in [-0.39, 0.29) is 24.4 Å². The largest absolute Gasteiger partial charge is 0.495 e. The van der Waals surface area contributed by atoms with E-state index in [0.29, 0.717) is 22.4 Å². The Balaban J connectivity index is 1.39. The summed E-state index contributed by atoms with van der Waals surface area (Å²) in [7, 11) is 1.56. The van der Waals surface area contributed by atoms with Gasteiger partial charge >= 0.3 is 0 Å². The summed E-state index contributed by atoms with van der Waals surface area (Å²) in [4.78, 5) is 31.7. The van der Waals surface area contributed by atoms with Crippen molar-refractivity contribution >= 4 is 55.1 Å². The number of methoxy groups -OCH3 is 1. The van der Waals surface area contributed by atoms with Gasteiger partial charge < -0.3 is 14.5 Å². The first kappa shape index (κ1) is 20.3. The van der Waals surface area contributed by atoms with Crippen molar-refractivity contribution in [1.29, 1.82) is 0 Å². The lowest BCUT2D eigenvalue weighted by molar-refractivity contribution is -0.116. The van der Waals surface area contributed by atoms with Crippen LogP contribution in [0.25, 0.3) is 32.2 Å². The molecule has 8 heteroatoms. The standard InChI is InChI=1S/C24H21N3O4S/c1-13-14(2)32-23-22(13)24(29)27(12-25-23)9-8-21(28)26-17-11-19-16(10-20(17)30-3)15-6-4-5-7-18(15)31-19/h4-7,10-12H,8-9H2,1-3H3,(H,26,28). The maximum atomic E-state index is 12.8. The zero-order valence-corrected chi connectivity index (χ0v) is 18.7. The highest BCUT2D eigenvalue weighted by Gasteiger charge is 2.16. The smallest absolute Gasteiger partial charge is 0.262 e. The highest BCUT2D eigenvalue weighted by atomic mass is 32.1. The lowest BCUT2D eigenvalue weighted by Crippen LogP contribution is -2.23. The summed E-state index contributed by atoms with van der Waals surface area (Å²) >= 11 is 1.51. The molecular formula is C24H21N3O4S. The number of hydrogen-bond acceptors (Lipinski definition) is 6. The van der Waals surface area contributed by atoms with Crippen LogP contribution < -0.4 is 15.6 Å². The summed E-state index contributed by atoms with van der Waals surface area (Å²) in [6, 6.07) is 11.4. The number of hydrogen-bond donors (Lipinski definition) is 1. The molecule has 0 aliphatic heterocycles. The van der Waals surface area contributed by atoms with Crippen LogP contribution in [0.2, 0.25) is 0 Å². The fraction of sp³-hybridized carbons (Fsp3) is 0.208. The molecule has 7 nitrogen and oxygen atoms in total. The van der Waals surface area contributed by atoms with Gasteiger partial charge in [-0.15, -0.1) is 11.3 Å². The van der Waals surface area contributed by atoms with Gasteiger partial charge in [-0.05, 0) is 31.5 Å². The van der Waals surface area contributed by atoms with E-state index in [2.05, 4.69) is 10.3 Å². The van der Waals surface area contributed by atoms with Gasteiger partial charge in [0.2, 0.25) is 5.91 Å². The molecule has 1 N–H and O–H groups in total. The second-order valence-electron chi connectivity index (χ2n) is 7.65. The van der Waals surface area contributed by atoms with E-state index in [1.807, 2.05) is 44.2 Å². The monoisotopic (exact) mass is 447 g/mol. The maximum Gasteiger partial charge on any atom is 0.262 e. The van der Waals surface area contributed by atoms with Crippen molar-refractivity contribution in [3.05, 3.63) is 63.5 Å². The van der Waals surface area contributed by atoms with E-state index in [4.69, 9.17) is 9.15 Å². The van der Waals surface area contributed by atoms with Crippen LogP contribution in [0.1, 0.15) is 16.9 Å². The lowest BCUT2D eigenvalue weighted by atomic mass is 10.1. The zero-order valence-electron chi connectivity index (χ0n) is 17.9. The Morgan fingerprint density at radius 3 is 2.81 bits per heavy atom. The minimum atomic E-state index is -0.232. The number of rotatable bonds is 5. The number of ether oxygens (including phenoxy) is 1. The van der Waals surface area contributed by atoms with Gasteiger partial charge in [0.1, 0.15) is 21.7 Å². The van der Waals surface area contributed by atoms with Crippen LogP contribution in [-0.4, -0.2) is 22.6 Å². The Hall–Kier alpha value is -3.65. The predicted octanol–water partition coefficient (Wildman–Crippen LogP) is 5.01. The average molecular weight is 448 g/mol. The molecule has 3 heterocycles. The number of para-hydroxylation sites is 1. The number of furan rings is 1. The molecule has 3 aromatic heterocycles. The van der Waals surface area contributed by atoms with Gasteiger partial charge in [0, 0.05) is 34.7 Å². The molecule has 0 radical (unpaired) electrons. The van der Waals surface area contributed by atoms with E-state index < -0.39 is 0 Å². The minimum absolute atomic E-state index is 0.120. The first-order valence-corrected chi connectivity index (χ1v) is 11.0. The molecule has 0 saturated heterocycles. The van der Waals surface area contributed by atoms with Crippen molar-refractivity contribution < 1.29 is 13.9 Å². The Kier molecular flexibility index (Phi) is 4.94. The van der Waals surface area contributed by atoms with Crippen molar-refractivity contribution in [3.63, 3.8) is 0 Å². The van der Waals surface area contributed by atoms with Crippen LogP contribution >= 0.6 is 11.3 Å². The fourth-order valence-corrected chi connectivity index (χ4v) is 4.87. The number of amides is 1.